The maximum Gasteiger partial charge on any atom is 0.282 e. The number of amides is 1. The molecule has 0 radical (unpaired) electrons. The van der Waals surface area contributed by atoms with Crippen LogP contribution in [-0.2, 0) is 10.3 Å². The van der Waals surface area contributed by atoms with Crippen molar-refractivity contribution >= 4 is 29.0 Å². The Hall–Kier alpha value is -2.48. The van der Waals surface area contributed by atoms with Gasteiger partial charge in [-0.05, 0) is 32.0 Å². The van der Waals surface area contributed by atoms with E-state index in [-0.39, 0.29) is 11.9 Å². The SMILES string of the molecule is Cc1nc(C(=O)Nc2ccc(F)c([C@]3(C)CCN=C(N)O3)c2)cs1. The van der Waals surface area contributed by atoms with E-state index < -0.39 is 11.4 Å². The summed E-state index contributed by atoms with van der Waals surface area (Å²) in [7, 11) is 0. The van der Waals surface area contributed by atoms with Crippen LogP contribution in [0.25, 0.3) is 0 Å². The summed E-state index contributed by atoms with van der Waals surface area (Å²) < 4.78 is 19.9. The van der Waals surface area contributed by atoms with E-state index in [1.54, 1.807) is 18.4 Å². The number of hydrogen-bond donors (Lipinski definition) is 2. The molecule has 1 aromatic carbocycles. The Balaban J connectivity index is 1.86. The van der Waals surface area contributed by atoms with E-state index in [0.29, 0.717) is 29.9 Å². The van der Waals surface area contributed by atoms with Gasteiger partial charge in [-0.1, -0.05) is 0 Å². The van der Waals surface area contributed by atoms with Gasteiger partial charge in [0.1, 0.15) is 17.1 Å². The predicted molar refractivity (Wildman–Crippen MR) is 90.7 cm³/mol. The van der Waals surface area contributed by atoms with E-state index in [2.05, 4.69) is 15.3 Å². The quantitative estimate of drug-likeness (QED) is 0.892. The molecule has 3 rings (SSSR count). The topological polar surface area (TPSA) is 89.6 Å². The predicted octanol–water partition coefficient (Wildman–Crippen LogP) is 2.79. The molecule has 8 heteroatoms. The highest BCUT2D eigenvalue weighted by atomic mass is 32.1. The summed E-state index contributed by atoms with van der Waals surface area (Å²) in [6.07, 6.45) is 0.493. The molecule has 0 saturated carbocycles. The number of aliphatic imine (C=N–C) groups is 1. The average Bonchev–Trinajstić information content (AvgIpc) is 2.95. The van der Waals surface area contributed by atoms with Gasteiger partial charge in [-0.25, -0.2) is 14.4 Å². The van der Waals surface area contributed by atoms with E-state index in [4.69, 9.17) is 10.5 Å². The van der Waals surface area contributed by atoms with Gasteiger partial charge in [0.05, 0.1) is 5.01 Å². The van der Waals surface area contributed by atoms with Crippen LogP contribution in [0.5, 0.6) is 0 Å². The van der Waals surface area contributed by atoms with Crippen LogP contribution in [0.3, 0.4) is 0 Å². The first-order chi connectivity index (χ1) is 11.4. The van der Waals surface area contributed by atoms with Gasteiger partial charge in [0.25, 0.3) is 11.9 Å². The van der Waals surface area contributed by atoms with Crippen LogP contribution >= 0.6 is 11.3 Å². The van der Waals surface area contributed by atoms with Crippen molar-refractivity contribution in [3.05, 3.63) is 45.7 Å². The van der Waals surface area contributed by atoms with Crippen molar-refractivity contribution in [3.63, 3.8) is 0 Å². The van der Waals surface area contributed by atoms with E-state index >= 15 is 0 Å². The third-order valence-corrected chi connectivity index (χ3v) is 4.61. The lowest BCUT2D eigenvalue weighted by atomic mass is 9.90. The van der Waals surface area contributed by atoms with Crippen LogP contribution in [0, 0.1) is 12.7 Å². The van der Waals surface area contributed by atoms with E-state index in [1.807, 2.05) is 6.92 Å². The van der Waals surface area contributed by atoms with Crippen LogP contribution < -0.4 is 11.1 Å². The number of aromatic nitrogens is 1. The number of carbonyl (C=O) groups is 1. The van der Waals surface area contributed by atoms with Crippen molar-refractivity contribution in [2.24, 2.45) is 10.7 Å². The Morgan fingerprint density at radius 3 is 2.96 bits per heavy atom. The zero-order valence-electron chi connectivity index (χ0n) is 13.3. The first kappa shape index (κ1) is 16.4. The molecule has 126 valence electrons. The fourth-order valence-electron chi connectivity index (χ4n) is 2.55. The van der Waals surface area contributed by atoms with Gasteiger partial charge < -0.3 is 15.8 Å². The Bertz CT molecular complexity index is 820. The maximum atomic E-state index is 14.3. The minimum atomic E-state index is -0.923. The molecule has 1 aromatic heterocycles. The molecule has 2 heterocycles. The number of benzene rings is 1. The van der Waals surface area contributed by atoms with Gasteiger partial charge in [0.15, 0.2) is 0 Å². The van der Waals surface area contributed by atoms with Gasteiger partial charge in [0, 0.05) is 29.6 Å². The van der Waals surface area contributed by atoms with Crippen molar-refractivity contribution in [2.45, 2.75) is 25.9 Å². The summed E-state index contributed by atoms with van der Waals surface area (Å²) in [6.45, 7) is 4.03. The molecule has 1 atom stereocenters. The highest BCUT2D eigenvalue weighted by Gasteiger charge is 2.35. The van der Waals surface area contributed by atoms with Gasteiger partial charge >= 0.3 is 0 Å². The molecule has 0 saturated heterocycles. The number of halogens is 1. The fourth-order valence-corrected chi connectivity index (χ4v) is 3.15. The van der Waals surface area contributed by atoms with Gasteiger partial charge in [-0.15, -0.1) is 11.3 Å². The number of amidine groups is 1. The van der Waals surface area contributed by atoms with Crippen molar-refractivity contribution in [3.8, 4) is 0 Å². The number of carbonyl (C=O) groups excluding carboxylic acids is 1. The summed E-state index contributed by atoms with van der Waals surface area (Å²) in [5.41, 5.74) is 5.83. The third-order valence-electron chi connectivity index (χ3n) is 3.83. The molecular formula is C16H17FN4O2S. The molecule has 0 fully saturated rings. The first-order valence-electron chi connectivity index (χ1n) is 7.40. The maximum absolute atomic E-state index is 14.3. The first-order valence-corrected chi connectivity index (χ1v) is 8.28. The minimum absolute atomic E-state index is 0.0375. The molecule has 3 N–H and O–H groups in total. The number of nitrogens with zero attached hydrogens (tertiary/aromatic N) is 2. The monoisotopic (exact) mass is 348 g/mol. The average molecular weight is 348 g/mol. The minimum Gasteiger partial charge on any atom is -0.454 e. The van der Waals surface area contributed by atoms with Crippen molar-refractivity contribution in [1.82, 2.24) is 4.98 Å². The summed E-state index contributed by atoms with van der Waals surface area (Å²) in [6, 6.07) is 4.40. The number of rotatable bonds is 3. The number of nitrogens with two attached hydrogens (primary N) is 1. The van der Waals surface area contributed by atoms with Crippen LogP contribution in [0.1, 0.15) is 34.4 Å². The smallest absolute Gasteiger partial charge is 0.282 e. The Labute approximate surface area is 142 Å². The van der Waals surface area contributed by atoms with Crippen LogP contribution in [0.15, 0.2) is 28.6 Å². The molecule has 1 aliphatic heterocycles. The van der Waals surface area contributed by atoms with Crippen LogP contribution in [0.4, 0.5) is 10.1 Å². The molecule has 0 unspecified atom stereocenters. The van der Waals surface area contributed by atoms with E-state index in [0.717, 1.165) is 5.01 Å². The zero-order valence-corrected chi connectivity index (χ0v) is 14.1. The van der Waals surface area contributed by atoms with Gasteiger partial charge in [-0.2, -0.15) is 0 Å². The number of anilines is 1. The lowest BCUT2D eigenvalue weighted by Crippen LogP contribution is -2.38. The zero-order chi connectivity index (χ0) is 17.3. The Morgan fingerprint density at radius 1 is 1.50 bits per heavy atom. The second kappa shape index (κ2) is 6.20. The van der Waals surface area contributed by atoms with E-state index in [1.165, 1.54) is 23.5 Å². The lowest BCUT2D eigenvalue weighted by molar-refractivity contribution is 0.0482. The third kappa shape index (κ3) is 3.23. The number of ether oxygens (including phenoxy) is 1. The second-order valence-electron chi connectivity index (χ2n) is 5.70. The summed E-state index contributed by atoms with van der Waals surface area (Å²) >= 11 is 1.39. The highest BCUT2D eigenvalue weighted by molar-refractivity contribution is 7.09. The molecule has 0 bridgehead atoms. The van der Waals surface area contributed by atoms with E-state index in [9.17, 15) is 9.18 Å². The standard InChI is InChI=1S/C16H17FN4O2S/c1-9-20-13(8-24-9)14(22)21-10-3-4-12(17)11(7-10)16(2)5-6-19-15(18)23-16/h3-4,7-8H,5-6H2,1-2H3,(H2,18,19)(H,21,22)/t16-/m0/s1. The van der Waals surface area contributed by atoms with Crippen LogP contribution in [-0.4, -0.2) is 23.5 Å². The molecule has 6 nitrogen and oxygen atoms in total. The van der Waals surface area contributed by atoms with Crippen molar-refractivity contribution in [2.75, 3.05) is 11.9 Å². The molecule has 0 aliphatic carbocycles. The number of hydrogen-bond acceptors (Lipinski definition) is 6. The molecule has 1 aliphatic rings. The summed E-state index contributed by atoms with van der Waals surface area (Å²) in [4.78, 5) is 20.3. The van der Waals surface area contributed by atoms with Gasteiger partial charge in [0.2, 0.25) is 0 Å². The van der Waals surface area contributed by atoms with Crippen LogP contribution in [0.2, 0.25) is 0 Å². The molecule has 0 spiro atoms. The molecule has 2 aromatic rings. The summed E-state index contributed by atoms with van der Waals surface area (Å²) in [5, 5.41) is 5.21. The Morgan fingerprint density at radius 2 is 2.29 bits per heavy atom. The lowest BCUT2D eigenvalue weighted by Gasteiger charge is -2.33. The Kier molecular flexibility index (Phi) is 4.23. The molecule has 24 heavy (non-hydrogen) atoms. The highest BCUT2D eigenvalue weighted by Crippen LogP contribution is 2.34. The molecule has 1 amide bonds. The fraction of sp³-hybridized carbons (Fsp3) is 0.312. The summed E-state index contributed by atoms with van der Waals surface area (Å²) in [5.74, 6) is -0.762. The normalized spacial score (nSPS) is 20.2. The number of thiazole rings is 1. The number of nitrogens with one attached hydrogen (secondary N) is 1. The van der Waals surface area contributed by atoms with Crippen molar-refractivity contribution in [1.29, 1.82) is 0 Å². The number of aryl methyl sites for hydroxylation is 1. The van der Waals surface area contributed by atoms with Gasteiger partial charge in [-0.3, -0.25) is 4.79 Å². The second-order valence-corrected chi connectivity index (χ2v) is 6.77. The largest absolute Gasteiger partial charge is 0.454 e. The molecular weight excluding hydrogens is 331 g/mol. The van der Waals surface area contributed by atoms with Crippen molar-refractivity contribution < 1.29 is 13.9 Å².